The van der Waals surface area contributed by atoms with Gasteiger partial charge in [0.2, 0.25) is 0 Å². The van der Waals surface area contributed by atoms with Gasteiger partial charge >= 0.3 is 0 Å². The summed E-state index contributed by atoms with van der Waals surface area (Å²) < 4.78 is 23.6. The number of thiazole rings is 1. The van der Waals surface area contributed by atoms with Crippen LogP contribution in [-0.2, 0) is 16.3 Å². The van der Waals surface area contributed by atoms with Crippen LogP contribution >= 0.6 is 34.5 Å². The van der Waals surface area contributed by atoms with E-state index >= 15 is 0 Å². The molecule has 1 heterocycles. The SMILES string of the molecule is Cc1nc(NC(=O)c2ccc(Cl)c(S(C)(=O)=O)c2)sc1Cc1ccccc1Cl. The Labute approximate surface area is 177 Å². The number of hydrogen-bond donors (Lipinski definition) is 1. The summed E-state index contributed by atoms with van der Waals surface area (Å²) >= 11 is 13.5. The van der Waals surface area contributed by atoms with Gasteiger partial charge in [-0.05, 0) is 36.8 Å². The molecule has 0 fully saturated rings. The molecule has 3 aromatic rings. The highest BCUT2D eigenvalue weighted by Gasteiger charge is 2.17. The zero-order valence-corrected chi connectivity index (χ0v) is 18.1. The van der Waals surface area contributed by atoms with Gasteiger partial charge < -0.3 is 0 Å². The molecule has 1 amide bonds. The van der Waals surface area contributed by atoms with Crippen LogP contribution in [-0.4, -0.2) is 25.6 Å². The van der Waals surface area contributed by atoms with Crippen molar-refractivity contribution < 1.29 is 13.2 Å². The highest BCUT2D eigenvalue weighted by atomic mass is 35.5. The molecule has 1 aromatic heterocycles. The molecule has 0 saturated carbocycles. The van der Waals surface area contributed by atoms with Gasteiger partial charge in [-0.3, -0.25) is 10.1 Å². The van der Waals surface area contributed by atoms with Crippen LogP contribution in [0.5, 0.6) is 0 Å². The van der Waals surface area contributed by atoms with Gasteiger partial charge in [-0.15, -0.1) is 11.3 Å². The topological polar surface area (TPSA) is 76.1 Å². The van der Waals surface area contributed by atoms with Crippen LogP contribution in [0, 0.1) is 6.92 Å². The van der Waals surface area contributed by atoms with E-state index in [4.69, 9.17) is 23.2 Å². The Morgan fingerprint density at radius 3 is 2.54 bits per heavy atom. The lowest BCUT2D eigenvalue weighted by atomic mass is 10.1. The zero-order chi connectivity index (χ0) is 20.5. The molecule has 0 bridgehead atoms. The first-order valence-electron chi connectivity index (χ1n) is 8.16. The lowest BCUT2D eigenvalue weighted by molar-refractivity contribution is 0.102. The lowest BCUT2D eigenvalue weighted by Crippen LogP contribution is -2.12. The standard InChI is InChI=1S/C19H16Cl2N2O3S2/c1-11-16(9-12-5-3-4-6-14(12)20)27-19(22-11)23-18(24)13-7-8-15(21)17(10-13)28(2,25)26/h3-8,10H,9H2,1-2H3,(H,22,23,24). The highest BCUT2D eigenvalue weighted by molar-refractivity contribution is 7.90. The van der Waals surface area contributed by atoms with Gasteiger partial charge in [0, 0.05) is 28.1 Å². The van der Waals surface area contributed by atoms with Gasteiger partial charge in [-0.25, -0.2) is 13.4 Å². The van der Waals surface area contributed by atoms with Gasteiger partial charge in [-0.1, -0.05) is 41.4 Å². The van der Waals surface area contributed by atoms with Crippen molar-refractivity contribution in [1.29, 1.82) is 0 Å². The number of carbonyl (C=O) groups is 1. The number of anilines is 1. The summed E-state index contributed by atoms with van der Waals surface area (Å²) in [5.41, 5.74) is 1.96. The fourth-order valence-corrected chi connectivity index (χ4v) is 5.04. The van der Waals surface area contributed by atoms with E-state index < -0.39 is 15.7 Å². The molecule has 0 saturated heterocycles. The van der Waals surface area contributed by atoms with Crippen LogP contribution in [0.4, 0.5) is 5.13 Å². The Balaban J connectivity index is 1.81. The van der Waals surface area contributed by atoms with E-state index in [9.17, 15) is 13.2 Å². The van der Waals surface area contributed by atoms with Crippen molar-refractivity contribution in [2.45, 2.75) is 18.2 Å². The molecule has 0 aliphatic rings. The zero-order valence-electron chi connectivity index (χ0n) is 15.0. The number of sulfone groups is 1. The van der Waals surface area contributed by atoms with Crippen molar-refractivity contribution in [1.82, 2.24) is 4.98 Å². The van der Waals surface area contributed by atoms with Crippen molar-refractivity contribution in [2.75, 3.05) is 11.6 Å². The molecule has 0 atom stereocenters. The minimum absolute atomic E-state index is 0.0752. The van der Waals surface area contributed by atoms with E-state index in [2.05, 4.69) is 10.3 Å². The van der Waals surface area contributed by atoms with Crippen LogP contribution < -0.4 is 5.32 Å². The number of nitrogens with one attached hydrogen (secondary N) is 1. The van der Waals surface area contributed by atoms with Gasteiger partial charge in [0.1, 0.15) is 0 Å². The molecule has 3 rings (SSSR count). The molecule has 28 heavy (non-hydrogen) atoms. The first kappa shape index (κ1) is 20.8. The van der Waals surface area contributed by atoms with E-state index in [0.717, 1.165) is 22.4 Å². The number of carbonyl (C=O) groups excluding carboxylic acids is 1. The monoisotopic (exact) mass is 454 g/mol. The summed E-state index contributed by atoms with van der Waals surface area (Å²) in [5, 5.41) is 3.90. The van der Waals surface area contributed by atoms with Crippen LogP contribution in [0.25, 0.3) is 0 Å². The number of benzene rings is 2. The van der Waals surface area contributed by atoms with Gasteiger partial charge in [0.25, 0.3) is 5.91 Å². The third-order valence-electron chi connectivity index (χ3n) is 4.01. The molecule has 1 N–H and O–H groups in total. The predicted molar refractivity (Wildman–Crippen MR) is 114 cm³/mol. The highest BCUT2D eigenvalue weighted by Crippen LogP contribution is 2.28. The summed E-state index contributed by atoms with van der Waals surface area (Å²) in [7, 11) is -3.54. The Morgan fingerprint density at radius 1 is 1.14 bits per heavy atom. The van der Waals surface area contributed by atoms with Crippen molar-refractivity contribution in [3.8, 4) is 0 Å². The van der Waals surface area contributed by atoms with Crippen LogP contribution in [0.2, 0.25) is 10.0 Å². The number of hydrogen-bond acceptors (Lipinski definition) is 5. The largest absolute Gasteiger partial charge is 0.298 e. The second-order valence-electron chi connectivity index (χ2n) is 6.17. The number of halogens is 2. The normalized spacial score (nSPS) is 11.4. The smallest absolute Gasteiger partial charge is 0.257 e. The van der Waals surface area contributed by atoms with Crippen molar-refractivity contribution in [2.24, 2.45) is 0 Å². The summed E-state index contributed by atoms with van der Waals surface area (Å²) in [6, 6.07) is 11.7. The van der Waals surface area contributed by atoms with E-state index in [1.165, 1.54) is 29.5 Å². The molecular weight excluding hydrogens is 439 g/mol. The maximum Gasteiger partial charge on any atom is 0.257 e. The summed E-state index contributed by atoms with van der Waals surface area (Å²) in [4.78, 5) is 17.8. The van der Waals surface area contributed by atoms with E-state index in [0.29, 0.717) is 16.6 Å². The third-order valence-corrected chi connectivity index (χ3v) is 7.03. The molecule has 0 spiro atoms. The summed E-state index contributed by atoms with van der Waals surface area (Å²) in [6.07, 6.45) is 1.65. The minimum atomic E-state index is -3.54. The number of nitrogens with zero attached hydrogens (tertiary/aromatic N) is 1. The van der Waals surface area contributed by atoms with E-state index in [-0.39, 0.29) is 15.5 Å². The van der Waals surface area contributed by atoms with Crippen LogP contribution in [0.1, 0.15) is 26.5 Å². The molecule has 0 unspecified atom stereocenters. The Bertz CT molecular complexity index is 1160. The molecule has 146 valence electrons. The number of aryl methyl sites for hydroxylation is 1. The lowest BCUT2D eigenvalue weighted by Gasteiger charge is -2.06. The molecule has 9 heteroatoms. The fourth-order valence-electron chi connectivity index (χ4n) is 2.56. The fraction of sp³-hybridized carbons (Fsp3) is 0.158. The Morgan fingerprint density at radius 2 is 1.86 bits per heavy atom. The Kier molecular flexibility index (Phi) is 6.09. The maximum atomic E-state index is 12.5. The van der Waals surface area contributed by atoms with Crippen LogP contribution in [0.15, 0.2) is 47.4 Å². The second kappa shape index (κ2) is 8.21. The van der Waals surface area contributed by atoms with Crippen LogP contribution in [0.3, 0.4) is 0 Å². The molecule has 0 aliphatic carbocycles. The van der Waals surface area contributed by atoms with Crippen molar-refractivity contribution >= 4 is 55.4 Å². The molecule has 0 radical (unpaired) electrons. The Hall–Kier alpha value is -1.93. The predicted octanol–water partition coefficient (Wildman–Crippen LogP) is 5.00. The van der Waals surface area contributed by atoms with Gasteiger partial charge in [0.15, 0.2) is 15.0 Å². The van der Waals surface area contributed by atoms with E-state index in [1.807, 2.05) is 31.2 Å². The summed E-state index contributed by atoms with van der Waals surface area (Å²) in [5.74, 6) is -0.459. The van der Waals surface area contributed by atoms with Crippen molar-refractivity contribution in [3.05, 3.63) is 74.2 Å². The minimum Gasteiger partial charge on any atom is -0.298 e. The maximum absolute atomic E-state index is 12.5. The quantitative estimate of drug-likeness (QED) is 0.587. The van der Waals surface area contributed by atoms with Gasteiger partial charge in [-0.2, -0.15) is 0 Å². The third kappa shape index (κ3) is 4.72. The van der Waals surface area contributed by atoms with E-state index in [1.54, 1.807) is 0 Å². The molecular formula is C19H16Cl2N2O3S2. The molecule has 2 aromatic carbocycles. The average molecular weight is 455 g/mol. The second-order valence-corrected chi connectivity index (χ2v) is 10.0. The number of amides is 1. The first-order chi connectivity index (χ1) is 13.1. The number of rotatable bonds is 5. The average Bonchev–Trinajstić information content (AvgIpc) is 2.95. The first-order valence-corrected chi connectivity index (χ1v) is 11.6. The number of aromatic nitrogens is 1. The van der Waals surface area contributed by atoms with Crippen molar-refractivity contribution in [3.63, 3.8) is 0 Å². The summed E-state index contributed by atoms with van der Waals surface area (Å²) in [6.45, 7) is 1.86. The molecule has 5 nitrogen and oxygen atoms in total. The molecule has 0 aliphatic heterocycles. The van der Waals surface area contributed by atoms with Gasteiger partial charge in [0.05, 0.1) is 15.6 Å².